The minimum absolute atomic E-state index is 0.143. The first-order valence-electron chi connectivity index (χ1n) is 7.61. The second kappa shape index (κ2) is 6.89. The monoisotopic (exact) mass is 274 g/mol. The van der Waals surface area contributed by atoms with Crippen molar-refractivity contribution in [2.75, 3.05) is 20.1 Å². The molecule has 1 saturated heterocycles. The molecule has 0 saturated carbocycles. The summed E-state index contributed by atoms with van der Waals surface area (Å²) in [6.45, 7) is 6.29. The van der Waals surface area contributed by atoms with Crippen molar-refractivity contribution in [1.29, 1.82) is 0 Å². The molecule has 1 aromatic rings. The third-order valence-corrected chi connectivity index (χ3v) is 4.46. The number of carbonyl (C=O) groups is 1. The molecule has 2 rings (SSSR count). The van der Waals surface area contributed by atoms with Crippen LogP contribution in [0.2, 0.25) is 0 Å². The molecular formula is C17H26N2O. The van der Waals surface area contributed by atoms with Crippen LogP contribution < -0.4 is 5.32 Å². The van der Waals surface area contributed by atoms with E-state index < -0.39 is 0 Å². The number of benzene rings is 1. The largest absolute Gasteiger partial charge is 0.339 e. The summed E-state index contributed by atoms with van der Waals surface area (Å²) >= 11 is 0. The van der Waals surface area contributed by atoms with Crippen molar-refractivity contribution in [3.63, 3.8) is 0 Å². The van der Waals surface area contributed by atoms with Gasteiger partial charge in [0, 0.05) is 13.5 Å². The minimum atomic E-state index is 0.143. The summed E-state index contributed by atoms with van der Waals surface area (Å²) in [7, 11) is 1.92. The van der Waals surface area contributed by atoms with E-state index in [9.17, 15) is 4.79 Å². The first kappa shape index (κ1) is 15.0. The van der Waals surface area contributed by atoms with Gasteiger partial charge in [0.25, 0.3) is 0 Å². The molecule has 1 aliphatic heterocycles. The Morgan fingerprint density at radius 2 is 1.90 bits per heavy atom. The Labute approximate surface area is 122 Å². The molecule has 0 aromatic heterocycles. The molecule has 20 heavy (non-hydrogen) atoms. The number of hydrogen-bond donors (Lipinski definition) is 1. The van der Waals surface area contributed by atoms with Gasteiger partial charge < -0.3 is 10.2 Å². The van der Waals surface area contributed by atoms with E-state index in [2.05, 4.69) is 43.4 Å². The van der Waals surface area contributed by atoms with Crippen LogP contribution in [0.3, 0.4) is 0 Å². The maximum atomic E-state index is 12.4. The Hall–Kier alpha value is -1.35. The highest BCUT2D eigenvalue weighted by molar-refractivity contribution is 5.76. The normalized spacial score (nSPS) is 17.8. The highest BCUT2D eigenvalue weighted by atomic mass is 16.2. The van der Waals surface area contributed by atoms with Crippen LogP contribution >= 0.6 is 0 Å². The van der Waals surface area contributed by atoms with Crippen LogP contribution in [0.1, 0.15) is 43.4 Å². The van der Waals surface area contributed by atoms with Crippen molar-refractivity contribution in [3.05, 3.63) is 35.4 Å². The molecule has 3 nitrogen and oxygen atoms in total. The van der Waals surface area contributed by atoms with Crippen molar-refractivity contribution in [3.8, 4) is 0 Å². The second-order valence-electron chi connectivity index (χ2n) is 5.99. The highest BCUT2D eigenvalue weighted by Crippen LogP contribution is 2.23. The van der Waals surface area contributed by atoms with Gasteiger partial charge in [-0.2, -0.15) is 0 Å². The second-order valence-corrected chi connectivity index (χ2v) is 5.99. The Balaban J connectivity index is 1.93. The number of piperidine rings is 1. The van der Waals surface area contributed by atoms with Crippen LogP contribution in [0.15, 0.2) is 24.3 Å². The van der Waals surface area contributed by atoms with E-state index in [-0.39, 0.29) is 11.9 Å². The van der Waals surface area contributed by atoms with Gasteiger partial charge in [-0.3, -0.25) is 4.79 Å². The third kappa shape index (κ3) is 3.83. The van der Waals surface area contributed by atoms with Crippen molar-refractivity contribution >= 4 is 5.91 Å². The number of nitrogens with one attached hydrogen (secondary N) is 1. The summed E-state index contributed by atoms with van der Waals surface area (Å²) in [5, 5.41) is 3.35. The summed E-state index contributed by atoms with van der Waals surface area (Å²) in [6.07, 6.45) is 2.94. The predicted molar refractivity (Wildman–Crippen MR) is 82.6 cm³/mol. The molecule has 0 spiro atoms. The van der Waals surface area contributed by atoms with Crippen molar-refractivity contribution < 1.29 is 4.79 Å². The van der Waals surface area contributed by atoms with Crippen molar-refractivity contribution in [1.82, 2.24) is 10.2 Å². The van der Waals surface area contributed by atoms with E-state index >= 15 is 0 Å². The Kier molecular flexibility index (Phi) is 5.18. The molecule has 1 aliphatic rings. The first-order chi connectivity index (χ1) is 9.58. The van der Waals surface area contributed by atoms with Crippen molar-refractivity contribution in [2.45, 2.75) is 39.2 Å². The van der Waals surface area contributed by atoms with Gasteiger partial charge in [0.15, 0.2) is 0 Å². The van der Waals surface area contributed by atoms with E-state index in [1.807, 2.05) is 11.9 Å². The molecule has 1 amide bonds. The number of rotatable bonds is 4. The fourth-order valence-electron chi connectivity index (χ4n) is 2.76. The van der Waals surface area contributed by atoms with Crippen LogP contribution in [-0.4, -0.2) is 30.9 Å². The fourth-order valence-corrected chi connectivity index (χ4v) is 2.76. The Morgan fingerprint density at radius 3 is 2.50 bits per heavy atom. The van der Waals surface area contributed by atoms with Crippen molar-refractivity contribution in [2.24, 2.45) is 5.92 Å². The van der Waals surface area contributed by atoms with E-state index in [1.165, 1.54) is 11.1 Å². The molecule has 3 heteroatoms. The number of aryl methyl sites for hydroxylation is 1. The summed E-state index contributed by atoms with van der Waals surface area (Å²) in [5.41, 5.74) is 2.46. The molecule has 1 fully saturated rings. The fraction of sp³-hybridized carbons (Fsp3) is 0.588. The summed E-state index contributed by atoms with van der Waals surface area (Å²) in [4.78, 5) is 14.3. The maximum Gasteiger partial charge on any atom is 0.223 e. The average molecular weight is 274 g/mol. The van der Waals surface area contributed by atoms with Gasteiger partial charge in [-0.1, -0.05) is 29.8 Å². The molecule has 1 aromatic carbocycles. The van der Waals surface area contributed by atoms with Gasteiger partial charge in [0.2, 0.25) is 5.91 Å². The van der Waals surface area contributed by atoms with Gasteiger partial charge in [0.1, 0.15) is 0 Å². The van der Waals surface area contributed by atoms with Crippen LogP contribution in [0, 0.1) is 12.8 Å². The molecule has 0 aliphatic carbocycles. The molecular weight excluding hydrogens is 248 g/mol. The topological polar surface area (TPSA) is 32.3 Å². The molecule has 0 bridgehead atoms. The molecule has 0 radical (unpaired) electrons. The Bertz CT molecular complexity index is 435. The molecule has 1 unspecified atom stereocenters. The first-order valence-corrected chi connectivity index (χ1v) is 7.61. The standard InChI is InChI=1S/C17H26N2O/c1-13-4-6-16(7-5-13)14(2)19(3)17(20)12-15-8-10-18-11-9-15/h4-7,14-15,18H,8-12H2,1-3H3. The number of amides is 1. The van der Waals surface area contributed by atoms with Crippen LogP contribution in [0.5, 0.6) is 0 Å². The smallest absolute Gasteiger partial charge is 0.223 e. The van der Waals surface area contributed by atoms with Gasteiger partial charge in [-0.05, 0) is 51.3 Å². The van der Waals surface area contributed by atoms with Crippen LogP contribution in [0.4, 0.5) is 0 Å². The lowest BCUT2D eigenvalue weighted by molar-refractivity contribution is -0.133. The number of carbonyl (C=O) groups excluding carboxylic acids is 1. The van der Waals surface area contributed by atoms with Gasteiger partial charge in [-0.25, -0.2) is 0 Å². The minimum Gasteiger partial charge on any atom is -0.339 e. The number of hydrogen-bond acceptors (Lipinski definition) is 2. The lowest BCUT2D eigenvalue weighted by Gasteiger charge is -2.29. The van der Waals surface area contributed by atoms with Crippen LogP contribution in [0.25, 0.3) is 0 Å². The third-order valence-electron chi connectivity index (χ3n) is 4.46. The zero-order valence-corrected chi connectivity index (χ0v) is 12.9. The SMILES string of the molecule is Cc1ccc(C(C)N(C)C(=O)CC2CCNCC2)cc1. The van der Waals surface area contributed by atoms with Gasteiger partial charge in [0.05, 0.1) is 6.04 Å². The highest BCUT2D eigenvalue weighted by Gasteiger charge is 2.22. The van der Waals surface area contributed by atoms with E-state index in [1.54, 1.807) is 0 Å². The molecule has 110 valence electrons. The lowest BCUT2D eigenvalue weighted by Crippen LogP contribution is -2.34. The summed E-state index contributed by atoms with van der Waals surface area (Å²) < 4.78 is 0. The van der Waals surface area contributed by atoms with E-state index in [4.69, 9.17) is 0 Å². The maximum absolute atomic E-state index is 12.4. The lowest BCUT2D eigenvalue weighted by atomic mass is 9.93. The zero-order valence-electron chi connectivity index (χ0n) is 12.9. The average Bonchev–Trinajstić information content (AvgIpc) is 2.47. The van der Waals surface area contributed by atoms with Crippen LogP contribution in [-0.2, 0) is 4.79 Å². The number of nitrogens with zero attached hydrogens (tertiary/aromatic N) is 1. The quantitative estimate of drug-likeness (QED) is 0.915. The summed E-state index contributed by atoms with van der Waals surface area (Å²) in [6, 6.07) is 8.60. The van der Waals surface area contributed by atoms with Gasteiger partial charge >= 0.3 is 0 Å². The predicted octanol–water partition coefficient (Wildman–Crippen LogP) is 2.90. The van der Waals surface area contributed by atoms with E-state index in [0.717, 1.165) is 25.9 Å². The van der Waals surface area contributed by atoms with Gasteiger partial charge in [-0.15, -0.1) is 0 Å². The summed E-state index contributed by atoms with van der Waals surface area (Å²) in [5.74, 6) is 0.821. The van der Waals surface area contributed by atoms with E-state index in [0.29, 0.717) is 12.3 Å². The molecule has 1 atom stereocenters. The molecule has 1 N–H and O–H groups in total. The zero-order chi connectivity index (χ0) is 14.5. The Morgan fingerprint density at radius 1 is 1.30 bits per heavy atom. The molecule has 1 heterocycles.